The van der Waals surface area contributed by atoms with Crippen LogP contribution in [0.1, 0.15) is 30.0 Å². The molecule has 0 aliphatic carbocycles. The molecule has 0 bridgehead atoms. The lowest BCUT2D eigenvalue weighted by Crippen LogP contribution is -2.36. The molecular weight excluding hydrogens is 380 g/mol. The fraction of sp³-hybridized carbons (Fsp3) is 0.286. The van der Waals surface area contributed by atoms with E-state index in [0.29, 0.717) is 29.3 Å². The maximum atomic E-state index is 12.9. The second-order valence-electron chi connectivity index (χ2n) is 6.88. The summed E-state index contributed by atoms with van der Waals surface area (Å²) in [4.78, 5) is 31.3. The van der Waals surface area contributed by atoms with Crippen LogP contribution in [0.5, 0.6) is 0 Å². The third-order valence-corrected chi connectivity index (χ3v) is 5.33. The number of aliphatic hydroxyl groups is 1. The van der Waals surface area contributed by atoms with Crippen LogP contribution in [0.15, 0.2) is 54.4 Å². The molecule has 3 heterocycles. The van der Waals surface area contributed by atoms with E-state index in [-0.39, 0.29) is 17.4 Å². The summed E-state index contributed by atoms with van der Waals surface area (Å²) in [5.41, 5.74) is 1.14. The van der Waals surface area contributed by atoms with Crippen molar-refractivity contribution in [1.82, 2.24) is 9.88 Å². The van der Waals surface area contributed by atoms with E-state index < -0.39 is 17.7 Å². The van der Waals surface area contributed by atoms with Crippen molar-refractivity contribution in [1.29, 1.82) is 0 Å². The van der Waals surface area contributed by atoms with E-state index in [2.05, 4.69) is 4.98 Å². The van der Waals surface area contributed by atoms with Crippen molar-refractivity contribution in [3.05, 3.63) is 70.5 Å². The first-order valence-electron chi connectivity index (χ1n) is 9.12. The van der Waals surface area contributed by atoms with Crippen molar-refractivity contribution in [2.24, 2.45) is 0 Å². The van der Waals surface area contributed by atoms with Gasteiger partial charge in [-0.3, -0.25) is 14.6 Å². The molecule has 28 heavy (non-hydrogen) atoms. The number of Topliss-reactive ketones (excluding diaryl/α,β-unsaturated/α-hetero) is 1. The zero-order chi connectivity index (χ0) is 19.7. The van der Waals surface area contributed by atoms with E-state index in [1.807, 2.05) is 0 Å². The van der Waals surface area contributed by atoms with E-state index in [4.69, 9.17) is 16.3 Å². The molecule has 7 heteroatoms. The zero-order valence-corrected chi connectivity index (χ0v) is 15.8. The number of hydrogen-bond acceptors (Lipinski definition) is 5. The van der Waals surface area contributed by atoms with Crippen LogP contribution < -0.4 is 0 Å². The van der Waals surface area contributed by atoms with Gasteiger partial charge in [0.05, 0.1) is 17.7 Å². The molecule has 2 fully saturated rings. The Kier molecular flexibility index (Phi) is 5.15. The number of ketones is 1. The third kappa shape index (κ3) is 3.41. The van der Waals surface area contributed by atoms with Crippen LogP contribution >= 0.6 is 11.6 Å². The number of nitrogens with zero attached hydrogens (tertiary/aromatic N) is 2. The quantitative estimate of drug-likeness (QED) is 0.485. The topological polar surface area (TPSA) is 79.7 Å². The minimum atomic E-state index is -0.714. The van der Waals surface area contributed by atoms with Gasteiger partial charge in [-0.25, -0.2) is 0 Å². The molecule has 0 saturated carbocycles. The number of carbonyl (C=O) groups excluding carboxylic acids is 2. The van der Waals surface area contributed by atoms with E-state index >= 15 is 0 Å². The number of carbonyl (C=O) groups is 2. The summed E-state index contributed by atoms with van der Waals surface area (Å²) in [6.07, 6.45) is 4.87. The van der Waals surface area contributed by atoms with Gasteiger partial charge in [0.15, 0.2) is 0 Å². The van der Waals surface area contributed by atoms with Crippen LogP contribution in [-0.4, -0.2) is 45.9 Å². The number of benzene rings is 1. The second kappa shape index (κ2) is 7.73. The smallest absolute Gasteiger partial charge is 0.295 e. The maximum Gasteiger partial charge on any atom is 0.295 e. The van der Waals surface area contributed by atoms with E-state index in [0.717, 1.165) is 12.8 Å². The molecule has 1 N–H and O–H groups in total. The molecule has 0 unspecified atom stereocenters. The molecule has 6 nitrogen and oxygen atoms in total. The van der Waals surface area contributed by atoms with Gasteiger partial charge in [0.25, 0.3) is 11.7 Å². The van der Waals surface area contributed by atoms with E-state index in [1.54, 1.807) is 48.8 Å². The number of likely N-dealkylation sites (tertiary alicyclic amines) is 1. The summed E-state index contributed by atoms with van der Waals surface area (Å²) in [7, 11) is 0. The minimum Gasteiger partial charge on any atom is -0.507 e. The van der Waals surface area contributed by atoms with Crippen molar-refractivity contribution in [2.45, 2.75) is 25.0 Å². The van der Waals surface area contributed by atoms with Crippen molar-refractivity contribution in [2.75, 3.05) is 13.2 Å². The second-order valence-corrected chi connectivity index (χ2v) is 7.32. The Morgan fingerprint density at radius 1 is 1.25 bits per heavy atom. The predicted molar refractivity (Wildman–Crippen MR) is 104 cm³/mol. The van der Waals surface area contributed by atoms with Crippen LogP contribution in [-0.2, 0) is 14.3 Å². The number of hydrogen-bond donors (Lipinski definition) is 1. The maximum absolute atomic E-state index is 12.9. The van der Waals surface area contributed by atoms with Crippen LogP contribution in [0.2, 0.25) is 5.02 Å². The Bertz CT molecular complexity index is 921. The van der Waals surface area contributed by atoms with Crippen molar-refractivity contribution < 1.29 is 19.4 Å². The zero-order valence-electron chi connectivity index (χ0n) is 15.0. The molecule has 1 aromatic heterocycles. The SMILES string of the molecule is O=C1C(=O)N(C[C@@H]2CCCO2)[C@@H](c2cccnc2)C1=C(O)c1ccc(Cl)cc1. The van der Waals surface area contributed by atoms with Gasteiger partial charge in [-0.2, -0.15) is 0 Å². The fourth-order valence-corrected chi connectivity index (χ4v) is 3.85. The van der Waals surface area contributed by atoms with Crippen LogP contribution in [0.4, 0.5) is 0 Å². The molecule has 2 aromatic rings. The predicted octanol–water partition coefficient (Wildman–Crippen LogP) is 3.34. The number of pyridine rings is 1. The molecule has 1 aromatic carbocycles. The van der Waals surface area contributed by atoms with Gasteiger partial charge in [0.2, 0.25) is 0 Å². The molecule has 0 spiro atoms. The summed E-state index contributed by atoms with van der Waals surface area (Å²) in [6.45, 7) is 0.943. The lowest BCUT2D eigenvalue weighted by atomic mass is 9.96. The molecular formula is C21H19ClN2O4. The minimum absolute atomic E-state index is 0.0540. The molecule has 2 aliphatic rings. The van der Waals surface area contributed by atoms with Crippen LogP contribution in [0, 0.1) is 0 Å². The number of aliphatic hydroxyl groups excluding tert-OH is 1. The van der Waals surface area contributed by atoms with E-state index in [9.17, 15) is 14.7 Å². The lowest BCUT2D eigenvalue weighted by Gasteiger charge is -2.27. The number of rotatable bonds is 4. The first-order chi connectivity index (χ1) is 13.6. The highest BCUT2D eigenvalue weighted by atomic mass is 35.5. The van der Waals surface area contributed by atoms with E-state index in [1.165, 1.54) is 4.90 Å². The van der Waals surface area contributed by atoms with Gasteiger partial charge < -0.3 is 14.7 Å². The average molecular weight is 399 g/mol. The Labute approximate surface area is 167 Å². The first kappa shape index (κ1) is 18.7. The molecule has 144 valence electrons. The van der Waals surface area contributed by atoms with Crippen molar-refractivity contribution in [3.8, 4) is 0 Å². The molecule has 2 atom stereocenters. The van der Waals surface area contributed by atoms with Gasteiger partial charge in [0.1, 0.15) is 5.76 Å². The third-order valence-electron chi connectivity index (χ3n) is 5.08. The average Bonchev–Trinajstić information content (AvgIpc) is 3.31. The van der Waals surface area contributed by atoms with Gasteiger partial charge in [-0.15, -0.1) is 0 Å². The number of halogens is 1. The van der Waals surface area contributed by atoms with Crippen LogP contribution in [0.3, 0.4) is 0 Å². The molecule has 4 rings (SSSR count). The van der Waals surface area contributed by atoms with Crippen molar-refractivity contribution in [3.63, 3.8) is 0 Å². The highest BCUT2D eigenvalue weighted by molar-refractivity contribution is 6.46. The Morgan fingerprint density at radius 3 is 2.68 bits per heavy atom. The normalized spacial score (nSPS) is 24.1. The number of amides is 1. The summed E-state index contributed by atoms with van der Waals surface area (Å²) in [5, 5.41) is 11.4. The molecule has 2 saturated heterocycles. The monoisotopic (exact) mass is 398 g/mol. The largest absolute Gasteiger partial charge is 0.507 e. The van der Waals surface area contributed by atoms with Gasteiger partial charge in [0, 0.05) is 36.1 Å². The highest BCUT2D eigenvalue weighted by Gasteiger charge is 2.47. The summed E-state index contributed by atoms with van der Waals surface area (Å²) < 4.78 is 5.66. The van der Waals surface area contributed by atoms with Gasteiger partial charge in [-0.1, -0.05) is 17.7 Å². The lowest BCUT2D eigenvalue weighted by molar-refractivity contribution is -0.140. The Balaban J connectivity index is 1.80. The fourth-order valence-electron chi connectivity index (χ4n) is 3.72. The van der Waals surface area contributed by atoms with Gasteiger partial charge in [-0.05, 0) is 48.7 Å². The highest BCUT2D eigenvalue weighted by Crippen LogP contribution is 2.39. The number of ether oxygens (including phenoxy) is 1. The Hall–Kier alpha value is -2.70. The standard InChI is InChI=1S/C21H19ClN2O4/c22-15-7-5-13(6-8-15)19(25)17-18(14-3-1-9-23-11-14)24(21(27)20(17)26)12-16-4-2-10-28-16/h1,3,5-9,11,16,18,25H,2,4,10,12H2/t16-,18-/m0/s1. The molecule has 0 radical (unpaired) electrons. The summed E-state index contributed by atoms with van der Waals surface area (Å²) in [5.74, 6) is -1.57. The first-order valence-corrected chi connectivity index (χ1v) is 9.50. The summed E-state index contributed by atoms with van der Waals surface area (Å²) >= 11 is 5.92. The number of aromatic nitrogens is 1. The Morgan fingerprint density at radius 2 is 2.04 bits per heavy atom. The van der Waals surface area contributed by atoms with Crippen molar-refractivity contribution >= 4 is 29.1 Å². The molecule has 1 amide bonds. The van der Waals surface area contributed by atoms with Crippen LogP contribution in [0.25, 0.3) is 5.76 Å². The van der Waals surface area contributed by atoms with Gasteiger partial charge >= 0.3 is 0 Å². The summed E-state index contributed by atoms with van der Waals surface area (Å²) in [6, 6.07) is 9.30. The molecule has 2 aliphatic heterocycles.